The van der Waals surface area contributed by atoms with E-state index in [1.165, 1.54) is 0 Å². The normalized spacial score (nSPS) is 15.8. The highest BCUT2D eigenvalue weighted by atomic mass is 35.5. The van der Waals surface area contributed by atoms with Crippen LogP contribution in [0.2, 0.25) is 5.02 Å². The zero-order valence-electron chi connectivity index (χ0n) is 13.9. The van der Waals surface area contributed by atoms with Gasteiger partial charge in [-0.1, -0.05) is 11.6 Å². The van der Waals surface area contributed by atoms with E-state index in [9.17, 15) is 4.79 Å². The molecule has 1 fully saturated rings. The largest absolute Gasteiger partial charge is 0.337 e. The highest BCUT2D eigenvalue weighted by molar-refractivity contribution is 6.30. The smallest absolute Gasteiger partial charge is 0.274 e. The number of likely N-dealkylation sites (tertiary alicyclic amines) is 1. The molecule has 0 unspecified atom stereocenters. The number of aromatic nitrogens is 4. The van der Waals surface area contributed by atoms with E-state index in [-0.39, 0.29) is 5.91 Å². The zero-order chi connectivity index (χ0) is 17.2. The Balaban J connectivity index is 1.35. The molecule has 0 aliphatic carbocycles. The Labute approximate surface area is 151 Å². The van der Waals surface area contributed by atoms with Gasteiger partial charge in [0.1, 0.15) is 11.3 Å². The molecule has 1 aliphatic heterocycles. The number of carbonyl (C=O) groups excluding carboxylic acids is 1. The number of hydrogen-bond donors (Lipinski definition) is 0. The highest BCUT2D eigenvalue weighted by Gasteiger charge is 2.25. The number of fused-ring (bicyclic) bond motifs is 1. The van der Waals surface area contributed by atoms with Crippen molar-refractivity contribution in [3.8, 4) is 0 Å². The lowest BCUT2D eigenvalue weighted by Gasteiger charge is -2.31. The van der Waals surface area contributed by atoms with Crippen molar-refractivity contribution in [3.05, 3.63) is 53.7 Å². The Hall–Kier alpha value is -2.34. The molecule has 7 heteroatoms. The molecule has 6 nitrogen and oxygen atoms in total. The lowest BCUT2D eigenvalue weighted by atomic mass is 9.93. The van der Waals surface area contributed by atoms with Crippen molar-refractivity contribution in [2.75, 3.05) is 13.1 Å². The molecule has 1 amide bonds. The summed E-state index contributed by atoms with van der Waals surface area (Å²) < 4.78 is 3.77. The Morgan fingerprint density at radius 3 is 2.84 bits per heavy atom. The summed E-state index contributed by atoms with van der Waals surface area (Å²) in [5.41, 5.74) is 1.22. The third kappa shape index (κ3) is 3.54. The zero-order valence-corrected chi connectivity index (χ0v) is 14.6. The van der Waals surface area contributed by atoms with E-state index in [0.717, 1.165) is 44.5 Å². The van der Waals surface area contributed by atoms with Gasteiger partial charge in [-0.25, -0.2) is 4.98 Å². The van der Waals surface area contributed by atoms with E-state index in [1.54, 1.807) is 22.9 Å². The molecule has 0 atom stereocenters. The van der Waals surface area contributed by atoms with E-state index in [2.05, 4.69) is 10.1 Å². The van der Waals surface area contributed by atoms with Crippen LogP contribution in [0.25, 0.3) is 5.65 Å². The third-order valence-electron chi connectivity index (χ3n) is 4.86. The first-order valence-corrected chi connectivity index (χ1v) is 8.98. The summed E-state index contributed by atoms with van der Waals surface area (Å²) in [5, 5.41) is 4.87. The number of pyridine rings is 1. The van der Waals surface area contributed by atoms with E-state index < -0.39 is 0 Å². The maximum Gasteiger partial charge on any atom is 0.274 e. The number of amides is 1. The topological polar surface area (TPSA) is 55.4 Å². The first-order valence-electron chi connectivity index (χ1n) is 8.60. The molecule has 0 spiro atoms. The molecule has 4 heterocycles. The second-order valence-electron chi connectivity index (χ2n) is 6.53. The van der Waals surface area contributed by atoms with Crippen molar-refractivity contribution in [1.29, 1.82) is 0 Å². The number of hydrogen-bond acceptors (Lipinski definition) is 3. The third-order valence-corrected chi connectivity index (χ3v) is 5.09. The molecule has 0 bridgehead atoms. The minimum Gasteiger partial charge on any atom is -0.337 e. The van der Waals surface area contributed by atoms with Crippen LogP contribution < -0.4 is 0 Å². The number of carbonyl (C=O) groups is 1. The second-order valence-corrected chi connectivity index (χ2v) is 6.97. The molecule has 130 valence electrons. The van der Waals surface area contributed by atoms with Gasteiger partial charge < -0.3 is 9.30 Å². The lowest BCUT2D eigenvalue weighted by Crippen LogP contribution is -2.38. The van der Waals surface area contributed by atoms with Crippen LogP contribution in [0.4, 0.5) is 0 Å². The number of imidazole rings is 1. The molecule has 4 rings (SSSR count). The van der Waals surface area contributed by atoms with Gasteiger partial charge in [-0.3, -0.25) is 9.48 Å². The predicted molar refractivity (Wildman–Crippen MR) is 95.7 cm³/mol. The van der Waals surface area contributed by atoms with Crippen LogP contribution >= 0.6 is 11.6 Å². The van der Waals surface area contributed by atoms with E-state index >= 15 is 0 Å². The standard InChI is InChI=1S/C18H20ClN5O/c19-15-2-3-17-21-16(13-23(17)12-15)18(25)22-9-4-14(5-10-22)6-11-24-8-1-7-20-24/h1-3,7-8,12-14H,4-6,9-11H2. The summed E-state index contributed by atoms with van der Waals surface area (Å²) in [6.45, 7) is 2.52. The molecule has 25 heavy (non-hydrogen) atoms. The van der Waals surface area contributed by atoms with Gasteiger partial charge in [0.15, 0.2) is 0 Å². The van der Waals surface area contributed by atoms with Gasteiger partial charge in [-0.15, -0.1) is 0 Å². The van der Waals surface area contributed by atoms with E-state index in [4.69, 9.17) is 11.6 Å². The minimum atomic E-state index is 0.00495. The molecule has 1 aliphatic rings. The quantitative estimate of drug-likeness (QED) is 0.720. The molecule has 1 saturated heterocycles. The molecule has 0 saturated carbocycles. The summed E-state index contributed by atoms with van der Waals surface area (Å²) in [4.78, 5) is 19.0. The Morgan fingerprint density at radius 2 is 2.08 bits per heavy atom. The van der Waals surface area contributed by atoms with Crippen LogP contribution in [-0.4, -0.2) is 43.1 Å². The molecule has 3 aromatic heterocycles. The van der Waals surface area contributed by atoms with Crippen LogP contribution in [0.15, 0.2) is 43.0 Å². The van der Waals surface area contributed by atoms with Crippen LogP contribution in [0.1, 0.15) is 29.8 Å². The summed E-state index contributed by atoms with van der Waals surface area (Å²) in [7, 11) is 0. The fourth-order valence-electron chi connectivity index (χ4n) is 3.40. The number of aryl methyl sites for hydroxylation is 1. The van der Waals surface area contributed by atoms with Crippen molar-refractivity contribution in [1.82, 2.24) is 24.1 Å². The van der Waals surface area contributed by atoms with Crippen molar-refractivity contribution in [2.45, 2.75) is 25.8 Å². The Kier molecular flexibility index (Phi) is 4.44. The minimum absolute atomic E-state index is 0.00495. The van der Waals surface area contributed by atoms with Gasteiger partial charge >= 0.3 is 0 Å². The number of nitrogens with zero attached hydrogens (tertiary/aromatic N) is 5. The molecular formula is C18H20ClN5O. The first-order chi connectivity index (χ1) is 12.2. The van der Waals surface area contributed by atoms with Crippen molar-refractivity contribution in [2.24, 2.45) is 5.92 Å². The monoisotopic (exact) mass is 357 g/mol. The van der Waals surface area contributed by atoms with Crippen LogP contribution in [-0.2, 0) is 6.54 Å². The Morgan fingerprint density at radius 1 is 1.24 bits per heavy atom. The summed E-state index contributed by atoms with van der Waals surface area (Å²) in [6, 6.07) is 5.55. The van der Waals surface area contributed by atoms with Crippen molar-refractivity contribution >= 4 is 23.2 Å². The molecule has 3 aromatic rings. The van der Waals surface area contributed by atoms with Gasteiger partial charge in [-0.2, -0.15) is 5.10 Å². The van der Waals surface area contributed by atoms with Gasteiger partial charge in [0.05, 0.1) is 5.02 Å². The van der Waals surface area contributed by atoms with Crippen molar-refractivity contribution in [3.63, 3.8) is 0 Å². The maximum atomic E-state index is 12.7. The highest BCUT2D eigenvalue weighted by Crippen LogP contribution is 2.22. The summed E-state index contributed by atoms with van der Waals surface area (Å²) >= 11 is 5.99. The van der Waals surface area contributed by atoms with Crippen LogP contribution in [0, 0.1) is 5.92 Å². The summed E-state index contributed by atoms with van der Waals surface area (Å²) in [6.07, 6.45) is 10.5. The lowest BCUT2D eigenvalue weighted by molar-refractivity contribution is 0.0679. The number of piperidine rings is 1. The van der Waals surface area contributed by atoms with E-state index in [1.807, 2.05) is 34.1 Å². The summed E-state index contributed by atoms with van der Waals surface area (Å²) in [5.74, 6) is 0.651. The number of halogens is 1. The fraction of sp³-hybridized carbons (Fsp3) is 0.389. The van der Waals surface area contributed by atoms with Gasteiger partial charge in [0.25, 0.3) is 5.91 Å². The predicted octanol–water partition coefficient (Wildman–Crippen LogP) is 3.13. The first kappa shape index (κ1) is 16.1. The van der Waals surface area contributed by atoms with Crippen LogP contribution in [0.3, 0.4) is 0 Å². The van der Waals surface area contributed by atoms with E-state index in [0.29, 0.717) is 16.6 Å². The SMILES string of the molecule is O=C(c1cn2cc(Cl)ccc2n1)N1CCC(CCn2cccn2)CC1. The number of rotatable bonds is 4. The van der Waals surface area contributed by atoms with Gasteiger partial charge in [-0.05, 0) is 43.4 Å². The average molecular weight is 358 g/mol. The molecular weight excluding hydrogens is 338 g/mol. The average Bonchev–Trinajstić information content (AvgIpc) is 3.29. The van der Waals surface area contributed by atoms with Gasteiger partial charge in [0, 0.05) is 44.4 Å². The fourth-order valence-corrected chi connectivity index (χ4v) is 3.57. The Bertz CT molecular complexity index is 865. The second kappa shape index (κ2) is 6.88. The van der Waals surface area contributed by atoms with Crippen LogP contribution in [0.5, 0.6) is 0 Å². The molecule has 0 N–H and O–H groups in total. The van der Waals surface area contributed by atoms with Gasteiger partial charge in [0.2, 0.25) is 0 Å². The molecule has 0 aromatic carbocycles. The maximum absolute atomic E-state index is 12.7. The molecule has 0 radical (unpaired) electrons. The van der Waals surface area contributed by atoms with Crippen molar-refractivity contribution < 1.29 is 4.79 Å².